The summed E-state index contributed by atoms with van der Waals surface area (Å²) in [5.41, 5.74) is 1.63. The van der Waals surface area contributed by atoms with Gasteiger partial charge in [-0.05, 0) is 55.8 Å². The number of aryl methyl sites for hydroxylation is 1. The number of aromatic amines is 1. The van der Waals surface area contributed by atoms with Gasteiger partial charge in [0.05, 0.1) is 21.8 Å². The van der Waals surface area contributed by atoms with Crippen LogP contribution in [0.1, 0.15) is 12.5 Å². The quantitative estimate of drug-likeness (QED) is 0.504. The highest BCUT2D eigenvalue weighted by molar-refractivity contribution is 7.92. The van der Waals surface area contributed by atoms with Gasteiger partial charge in [0.25, 0.3) is 10.0 Å². The van der Waals surface area contributed by atoms with Crippen LogP contribution >= 0.6 is 0 Å². The molecule has 4 aromatic rings. The lowest BCUT2D eigenvalue weighted by Gasteiger charge is -2.23. The predicted octanol–water partition coefficient (Wildman–Crippen LogP) is 3.32. The highest BCUT2D eigenvalue weighted by Gasteiger charge is 2.25. The van der Waals surface area contributed by atoms with E-state index < -0.39 is 15.7 Å². The number of nitrogens with zero attached hydrogens (tertiary/aromatic N) is 2. The van der Waals surface area contributed by atoms with E-state index in [1.54, 1.807) is 68.4 Å². The lowest BCUT2D eigenvalue weighted by atomic mass is 10.2. The summed E-state index contributed by atoms with van der Waals surface area (Å²) in [5, 5.41) is 9.14. The largest absolute Gasteiger partial charge is 0.332 e. The smallest absolute Gasteiger partial charge is 0.306 e. The zero-order chi connectivity index (χ0) is 22.2. The van der Waals surface area contributed by atoms with Crippen molar-refractivity contribution in [3.8, 4) is 5.69 Å². The summed E-state index contributed by atoms with van der Waals surface area (Å²) in [6.45, 7) is 3.80. The van der Waals surface area contributed by atoms with Crippen molar-refractivity contribution < 1.29 is 8.42 Å². The molecule has 0 bridgehead atoms. The number of para-hydroxylation sites is 2. The van der Waals surface area contributed by atoms with Crippen molar-refractivity contribution in [3.63, 3.8) is 0 Å². The molecule has 0 radical (unpaired) electrons. The SMILES string of the molecule is CCN(c1ccccc1)S(=O)(=O)c1ccc(C)c(-n2c(=O)[nH]c3ccccc3c2=N)c1. The average Bonchev–Trinajstić information content (AvgIpc) is 2.76. The van der Waals surface area contributed by atoms with Crippen LogP contribution < -0.4 is 15.5 Å². The summed E-state index contributed by atoms with van der Waals surface area (Å²) < 4.78 is 29.4. The molecule has 2 N–H and O–H groups in total. The zero-order valence-electron chi connectivity index (χ0n) is 17.2. The number of anilines is 1. The first-order valence-electron chi connectivity index (χ1n) is 9.82. The highest BCUT2D eigenvalue weighted by Crippen LogP contribution is 2.25. The van der Waals surface area contributed by atoms with E-state index in [4.69, 9.17) is 5.41 Å². The second-order valence-electron chi connectivity index (χ2n) is 7.11. The molecule has 8 heteroatoms. The Hall–Kier alpha value is -3.65. The van der Waals surface area contributed by atoms with Gasteiger partial charge in [-0.15, -0.1) is 0 Å². The van der Waals surface area contributed by atoms with Gasteiger partial charge in [-0.2, -0.15) is 0 Å². The van der Waals surface area contributed by atoms with E-state index >= 15 is 0 Å². The highest BCUT2D eigenvalue weighted by atomic mass is 32.2. The molecular weight excluding hydrogens is 412 g/mol. The van der Waals surface area contributed by atoms with Crippen molar-refractivity contribution in [1.29, 1.82) is 5.41 Å². The van der Waals surface area contributed by atoms with E-state index in [-0.39, 0.29) is 16.9 Å². The minimum absolute atomic E-state index is 0.00703. The number of hydrogen-bond donors (Lipinski definition) is 2. The van der Waals surface area contributed by atoms with Crippen LogP contribution in [0.15, 0.2) is 82.5 Å². The van der Waals surface area contributed by atoms with Crippen molar-refractivity contribution in [2.24, 2.45) is 0 Å². The zero-order valence-corrected chi connectivity index (χ0v) is 18.0. The lowest BCUT2D eigenvalue weighted by molar-refractivity contribution is 0.591. The molecule has 1 heterocycles. The fraction of sp³-hybridized carbons (Fsp3) is 0.130. The molecule has 4 rings (SSSR count). The van der Waals surface area contributed by atoms with E-state index in [0.717, 1.165) is 0 Å². The van der Waals surface area contributed by atoms with Crippen LogP contribution in [0, 0.1) is 12.3 Å². The Bertz CT molecular complexity index is 1490. The number of aromatic nitrogens is 2. The third kappa shape index (κ3) is 3.55. The summed E-state index contributed by atoms with van der Waals surface area (Å²) in [6.07, 6.45) is 0. The van der Waals surface area contributed by atoms with Crippen molar-refractivity contribution in [1.82, 2.24) is 9.55 Å². The Morgan fingerprint density at radius 1 is 1.00 bits per heavy atom. The molecule has 7 nitrogen and oxygen atoms in total. The first kappa shape index (κ1) is 20.6. The minimum Gasteiger partial charge on any atom is -0.306 e. The van der Waals surface area contributed by atoms with E-state index in [2.05, 4.69) is 4.98 Å². The molecule has 0 atom stereocenters. The molecule has 3 aromatic carbocycles. The fourth-order valence-electron chi connectivity index (χ4n) is 3.62. The Balaban J connectivity index is 1.92. The summed E-state index contributed by atoms with van der Waals surface area (Å²) in [5.74, 6) is 0. The number of rotatable bonds is 5. The van der Waals surface area contributed by atoms with Crippen molar-refractivity contribution in [2.45, 2.75) is 18.7 Å². The number of hydrogen-bond acceptors (Lipinski definition) is 4. The third-order valence-electron chi connectivity index (χ3n) is 5.19. The van der Waals surface area contributed by atoms with Crippen LogP contribution in [0.3, 0.4) is 0 Å². The van der Waals surface area contributed by atoms with Crippen molar-refractivity contribution >= 4 is 26.6 Å². The van der Waals surface area contributed by atoms with Gasteiger partial charge in [-0.3, -0.25) is 9.71 Å². The Morgan fingerprint density at radius 3 is 2.39 bits per heavy atom. The predicted molar refractivity (Wildman–Crippen MR) is 121 cm³/mol. The molecule has 1 aromatic heterocycles. The van der Waals surface area contributed by atoms with Gasteiger partial charge in [0, 0.05) is 11.9 Å². The van der Waals surface area contributed by atoms with Gasteiger partial charge in [0.1, 0.15) is 5.49 Å². The van der Waals surface area contributed by atoms with Gasteiger partial charge in [-0.25, -0.2) is 17.8 Å². The van der Waals surface area contributed by atoms with Gasteiger partial charge < -0.3 is 4.98 Å². The number of benzene rings is 3. The minimum atomic E-state index is -3.87. The van der Waals surface area contributed by atoms with Gasteiger partial charge >= 0.3 is 5.69 Å². The molecule has 0 saturated heterocycles. The first-order chi connectivity index (χ1) is 14.8. The summed E-state index contributed by atoms with van der Waals surface area (Å²) in [7, 11) is -3.87. The normalized spacial score (nSPS) is 11.5. The summed E-state index contributed by atoms with van der Waals surface area (Å²) >= 11 is 0. The molecule has 0 spiro atoms. The Kier molecular flexibility index (Phi) is 5.24. The molecular formula is C23H22N4O3S. The van der Waals surface area contributed by atoms with Crippen LogP contribution in [-0.4, -0.2) is 24.5 Å². The summed E-state index contributed by atoms with van der Waals surface area (Å²) in [6, 6.07) is 20.5. The monoisotopic (exact) mass is 434 g/mol. The van der Waals surface area contributed by atoms with E-state index in [9.17, 15) is 13.2 Å². The first-order valence-corrected chi connectivity index (χ1v) is 11.3. The van der Waals surface area contributed by atoms with Crippen LogP contribution in [0.5, 0.6) is 0 Å². The maximum absolute atomic E-state index is 13.4. The van der Waals surface area contributed by atoms with Crippen LogP contribution in [-0.2, 0) is 10.0 Å². The second kappa shape index (κ2) is 7.88. The maximum atomic E-state index is 13.4. The number of sulfonamides is 1. The number of fused-ring (bicyclic) bond motifs is 1. The molecule has 0 aliphatic carbocycles. The van der Waals surface area contributed by atoms with Crippen LogP contribution in [0.2, 0.25) is 0 Å². The van der Waals surface area contributed by atoms with Crippen LogP contribution in [0.4, 0.5) is 5.69 Å². The van der Waals surface area contributed by atoms with Gasteiger partial charge in [0.15, 0.2) is 0 Å². The average molecular weight is 435 g/mol. The van der Waals surface area contributed by atoms with E-state index in [1.165, 1.54) is 21.0 Å². The maximum Gasteiger partial charge on any atom is 0.332 e. The molecule has 31 heavy (non-hydrogen) atoms. The number of H-pyrrole nitrogens is 1. The molecule has 0 aliphatic heterocycles. The standard InChI is InChI=1S/C23H22N4O3S/c1-3-26(17-9-5-4-6-10-17)31(29,30)18-14-13-16(2)21(15-18)27-22(24)19-11-7-8-12-20(19)25-23(27)28/h4-15,24H,3H2,1-2H3,(H,25,28). The fourth-order valence-corrected chi connectivity index (χ4v) is 5.12. The number of nitrogens with one attached hydrogen (secondary N) is 2. The Labute approximate surface area is 179 Å². The van der Waals surface area contributed by atoms with E-state index in [1.807, 2.05) is 6.07 Å². The van der Waals surface area contributed by atoms with Crippen molar-refractivity contribution in [2.75, 3.05) is 10.8 Å². The third-order valence-corrected chi connectivity index (χ3v) is 7.09. The van der Waals surface area contributed by atoms with Crippen molar-refractivity contribution in [3.05, 3.63) is 94.3 Å². The summed E-state index contributed by atoms with van der Waals surface area (Å²) in [4.78, 5) is 15.6. The lowest BCUT2D eigenvalue weighted by Crippen LogP contribution is -2.35. The molecule has 0 aliphatic rings. The molecule has 0 fully saturated rings. The van der Waals surface area contributed by atoms with E-state index in [0.29, 0.717) is 27.8 Å². The Morgan fingerprint density at radius 2 is 1.68 bits per heavy atom. The molecule has 158 valence electrons. The van der Waals surface area contributed by atoms with Gasteiger partial charge in [0.2, 0.25) is 0 Å². The second-order valence-corrected chi connectivity index (χ2v) is 8.98. The van der Waals surface area contributed by atoms with Gasteiger partial charge in [-0.1, -0.05) is 36.4 Å². The molecule has 0 saturated carbocycles. The van der Waals surface area contributed by atoms with Crippen LogP contribution in [0.25, 0.3) is 16.6 Å². The molecule has 0 unspecified atom stereocenters. The topological polar surface area (TPSA) is 99.0 Å². The molecule has 0 amide bonds.